The molecule has 9 nitrogen and oxygen atoms in total. The number of anilines is 1. The summed E-state index contributed by atoms with van der Waals surface area (Å²) in [7, 11) is 0. The number of nitrogens with zero attached hydrogens (tertiary/aromatic N) is 4. The zero-order valence-electron chi connectivity index (χ0n) is 17.6. The fraction of sp³-hybridized carbons (Fsp3) is 0.333. The number of nitrogens with one attached hydrogen (secondary N) is 2. The van der Waals surface area contributed by atoms with Crippen molar-refractivity contribution in [3.63, 3.8) is 0 Å². The molecule has 0 radical (unpaired) electrons. The van der Waals surface area contributed by atoms with Gasteiger partial charge in [0.05, 0.1) is 0 Å². The van der Waals surface area contributed by atoms with Gasteiger partial charge in [0.1, 0.15) is 17.8 Å². The number of carbonyl (C=O) groups is 1. The first-order valence-corrected chi connectivity index (χ1v) is 10.5. The second kappa shape index (κ2) is 8.65. The molecule has 174 valence electrons. The lowest BCUT2D eigenvalue weighted by Gasteiger charge is -2.35. The second-order valence-corrected chi connectivity index (χ2v) is 8.44. The van der Waals surface area contributed by atoms with Gasteiger partial charge in [-0.25, -0.2) is 18.7 Å². The molecular weight excluding hydrogens is 456 g/mol. The van der Waals surface area contributed by atoms with Crippen molar-refractivity contribution in [2.45, 2.75) is 37.5 Å². The Morgan fingerprint density at radius 2 is 2.15 bits per heavy atom. The topological polar surface area (TPSA) is 131 Å². The molecule has 1 amide bonds. The summed E-state index contributed by atoms with van der Waals surface area (Å²) in [5.74, 6) is -2.69. The molecule has 33 heavy (non-hydrogen) atoms. The number of amides is 1. The van der Waals surface area contributed by atoms with Gasteiger partial charge in [0.25, 0.3) is 11.8 Å². The maximum Gasteiger partial charge on any atom is 0.273 e. The summed E-state index contributed by atoms with van der Waals surface area (Å²) in [5, 5.41) is 16.6. The third-order valence-corrected chi connectivity index (χ3v) is 5.58. The van der Waals surface area contributed by atoms with E-state index in [1.807, 2.05) is 0 Å². The summed E-state index contributed by atoms with van der Waals surface area (Å²) < 4.78 is 27.7. The van der Waals surface area contributed by atoms with E-state index in [1.165, 1.54) is 23.2 Å². The Labute approximate surface area is 193 Å². The molecule has 4 rings (SSSR count). The highest BCUT2D eigenvalue weighted by atomic mass is 35.5. The molecule has 0 saturated heterocycles. The van der Waals surface area contributed by atoms with Gasteiger partial charge in [-0.2, -0.15) is 4.98 Å². The lowest BCUT2D eigenvalue weighted by atomic mass is 9.88. The molecule has 0 aliphatic heterocycles. The van der Waals surface area contributed by atoms with Crippen molar-refractivity contribution in [1.82, 2.24) is 24.8 Å². The first kappa shape index (κ1) is 23.0. The normalized spacial score (nSPS) is 17.2. The van der Waals surface area contributed by atoms with E-state index in [0.717, 1.165) is 0 Å². The fourth-order valence-electron chi connectivity index (χ4n) is 3.50. The molecule has 2 heterocycles. The average molecular weight is 478 g/mol. The number of rotatable bonds is 7. The van der Waals surface area contributed by atoms with Gasteiger partial charge >= 0.3 is 0 Å². The van der Waals surface area contributed by atoms with E-state index >= 15 is 0 Å². The summed E-state index contributed by atoms with van der Waals surface area (Å²) >= 11 is 5.98. The molecule has 0 spiro atoms. The van der Waals surface area contributed by atoms with Gasteiger partial charge in [-0.05, 0) is 19.1 Å². The molecule has 12 heteroatoms. The zero-order valence-corrected chi connectivity index (χ0v) is 18.4. The minimum atomic E-state index is -2.66. The van der Waals surface area contributed by atoms with E-state index in [-0.39, 0.29) is 31.0 Å². The number of aliphatic hydroxyl groups is 1. The molecular formula is C21H22ClF2N7O2. The standard InChI is InChI=1S/C21H22ClF2N7O2/c1-12-8-26-19(28-15-6-20(23,24)7-15)29-17(12)31-9-16(27-11-31)18(32)30-21(33,10-25)13-3-2-4-14(22)5-13/h2-5,8-9,11,15,33H,6-7,10,25H2,1H3,(H,30,32)(H,26,28,29)/t21-/m1/s1. The van der Waals surface area contributed by atoms with E-state index < -0.39 is 23.6 Å². The largest absolute Gasteiger partial charge is 0.366 e. The van der Waals surface area contributed by atoms with Crippen LogP contribution in [0, 0.1) is 6.92 Å². The van der Waals surface area contributed by atoms with Crippen molar-refractivity contribution < 1.29 is 18.7 Å². The van der Waals surface area contributed by atoms with Crippen LogP contribution < -0.4 is 16.4 Å². The van der Waals surface area contributed by atoms with Crippen molar-refractivity contribution in [1.29, 1.82) is 0 Å². The molecule has 1 saturated carbocycles. The zero-order chi connectivity index (χ0) is 23.8. The van der Waals surface area contributed by atoms with Crippen LogP contribution in [-0.2, 0) is 5.72 Å². The van der Waals surface area contributed by atoms with E-state index in [2.05, 4.69) is 25.6 Å². The first-order chi connectivity index (χ1) is 15.6. The third-order valence-electron chi connectivity index (χ3n) is 5.35. The first-order valence-electron chi connectivity index (χ1n) is 10.1. The van der Waals surface area contributed by atoms with Crippen LogP contribution in [-0.4, -0.2) is 49.0 Å². The van der Waals surface area contributed by atoms with E-state index in [0.29, 0.717) is 22.0 Å². The van der Waals surface area contributed by atoms with Gasteiger partial charge in [0.2, 0.25) is 5.95 Å². The molecule has 1 atom stereocenters. The van der Waals surface area contributed by atoms with Crippen molar-refractivity contribution in [2.75, 3.05) is 11.9 Å². The summed E-state index contributed by atoms with van der Waals surface area (Å²) in [6.45, 7) is 1.47. The minimum Gasteiger partial charge on any atom is -0.366 e. The number of hydrogen-bond donors (Lipinski definition) is 4. The number of benzene rings is 1. The number of halogens is 3. The number of imidazole rings is 1. The second-order valence-electron chi connectivity index (χ2n) is 8.00. The van der Waals surface area contributed by atoms with Gasteiger partial charge < -0.3 is 21.5 Å². The highest BCUT2D eigenvalue weighted by Gasteiger charge is 2.45. The maximum absolute atomic E-state index is 13.1. The van der Waals surface area contributed by atoms with Crippen LogP contribution in [0.4, 0.5) is 14.7 Å². The maximum atomic E-state index is 13.1. The van der Waals surface area contributed by atoms with Crippen LogP contribution in [0.1, 0.15) is 34.5 Å². The summed E-state index contributed by atoms with van der Waals surface area (Å²) in [5.41, 5.74) is 4.89. The van der Waals surface area contributed by atoms with Crippen LogP contribution in [0.5, 0.6) is 0 Å². The molecule has 5 N–H and O–H groups in total. The quantitative estimate of drug-likeness (QED) is 0.384. The van der Waals surface area contributed by atoms with Crippen molar-refractivity contribution >= 4 is 23.5 Å². The van der Waals surface area contributed by atoms with E-state index in [9.17, 15) is 18.7 Å². The highest BCUT2D eigenvalue weighted by molar-refractivity contribution is 6.30. The van der Waals surface area contributed by atoms with Crippen LogP contribution >= 0.6 is 11.6 Å². The smallest absolute Gasteiger partial charge is 0.273 e. The lowest BCUT2D eigenvalue weighted by Crippen LogP contribution is -2.51. The highest BCUT2D eigenvalue weighted by Crippen LogP contribution is 2.38. The Hall–Kier alpha value is -3.15. The van der Waals surface area contributed by atoms with Crippen LogP contribution in [0.25, 0.3) is 5.82 Å². The Kier molecular flexibility index (Phi) is 6.04. The molecule has 2 aromatic heterocycles. The van der Waals surface area contributed by atoms with Crippen LogP contribution in [0.2, 0.25) is 5.02 Å². The van der Waals surface area contributed by atoms with Gasteiger partial charge in [-0.3, -0.25) is 9.36 Å². The van der Waals surface area contributed by atoms with Gasteiger partial charge in [0.15, 0.2) is 5.72 Å². The van der Waals surface area contributed by atoms with Gasteiger partial charge in [0, 0.05) is 54.0 Å². The molecule has 1 fully saturated rings. The number of aromatic nitrogens is 4. The molecule has 0 bridgehead atoms. The van der Waals surface area contributed by atoms with Crippen molar-refractivity contribution in [3.8, 4) is 5.82 Å². The Morgan fingerprint density at radius 3 is 2.82 bits per heavy atom. The molecule has 1 aliphatic rings. The Bertz CT molecular complexity index is 1180. The Balaban J connectivity index is 1.51. The number of alkyl halides is 2. The SMILES string of the molecule is Cc1cnc(NC2CC(F)(F)C2)nc1-n1cnc(C(=O)N[C@@](O)(CN)c2cccc(Cl)c2)c1. The minimum absolute atomic E-state index is 0.00931. The van der Waals surface area contributed by atoms with Crippen LogP contribution in [0.3, 0.4) is 0 Å². The number of nitrogens with two attached hydrogens (primary N) is 1. The average Bonchev–Trinajstić information content (AvgIpc) is 3.24. The monoisotopic (exact) mass is 477 g/mol. The number of carbonyl (C=O) groups excluding carboxylic acids is 1. The molecule has 1 aliphatic carbocycles. The number of aryl methyl sites for hydroxylation is 1. The van der Waals surface area contributed by atoms with E-state index in [1.54, 1.807) is 31.3 Å². The fourth-order valence-corrected chi connectivity index (χ4v) is 3.69. The summed E-state index contributed by atoms with van der Waals surface area (Å²) in [4.78, 5) is 25.4. The number of hydrogen-bond acceptors (Lipinski definition) is 7. The third kappa shape index (κ3) is 4.95. The Morgan fingerprint density at radius 1 is 1.39 bits per heavy atom. The predicted octanol–water partition coefficient (Wildman–Crippen LogP) is 2.37. The van der Waals surface area contributed by atoms with Gasteiger partial charge in [-0.15, -0.1) is 0 Å². The molecule has 3 aromatic rings. The van der Waals surface area contributed by atoms with Crippen LogP contribution in [0.15, 0.2) is 43.0 Å². The lowest BCUT2D eigenvalue weighted by molar-refractivity contribution is -0.0794. The summed E-state index contributed by atoms with van der Waals surface area (Å²) in [6.07, 6.45) is 3.82. The molecule has 1 aromatic carbocycles. The van der Waals surface area contributed by atoms with Gasteiger partial charge in [-0.1, -0.05) is 23.7 Å². The van der Waals surface area contributed by atoms with Crippen molar-refractivity contribution in [3.05, 3.63) is 64.8 Å². The van der Waals surface area contributed by atoms with E-state index in [4.69, 9.17) is 17.3 Å². The molecule has 0 unspecified atom stereocenters. The van der Waals surface area contributed by atoms with Crippen molar-refractivity contribution in [2.24, 2.45) is 5.73 Å². The summed E-state index contributed by atoms with van der Waals surface area (Å²) in [6, 6.07) is 5.96. The predicted molar refractivity (Wildman–Crippen MR) is 117 cm³/mol.